The first-order chi connectivity index (χ1) is 14.1. The van der Waals surface area contributed by atoms with E-state index in [0.29, 0.717) is 18.3 Å². The van der Waals surface area contributed by atoms with Crippen molar-refractivity contribution in [1.29, 1.82) is 0 Å². The fourth-order valence-corrected chi connectivity index (χ4v) is 3.65. The summed E-state index contributed by atoms with van der Waals surface area (Å²) in [7, 11) is 3.13. The van der Waals surface area contributed by atoms with Crippen LogP contribution in [-0.4, -0.2) is 26.8 Å². The molecule has 1 fully saturated rings. The summed E-state index contributed by atoms with van der Waals surface area (Å²) in [5.41, 5.74) is 2.44. The zero-order valence-electron chi connectivity index (χ0n) is 18.3. The summed E-state index contributed by atoms with van der Waals surface area (Å²) in [6, 6.07) is 16.4. The van der Waals surface area contributed by atoms with Gasteiger partial charge in [0.1, 0.15) is 11.5 Å². The number of carbonyl (C=O) groups is 1. The van der Waals surface area contributed by atoms with Crippen LogP contribution in [0.25, 0.3) is 0 Å². The topological polar surface area (TPSA) is 44.8 Å². The summed E-state index contributed by atoms with van der Waals surface area (Å²) in [6.07, 6.45) is 2.95. The summed E-state index contributed by atoms with van der Waals surface area (Å²) in [5.74, 6) is 2.64. The van der Waals surface area contributed by atoms with Crippen molar-refractivity contribution in [1.82, 2.24) is 0 Å². The van der Waals surface area contributed by atoms with E-state index >= 15 is 0 Å². The molecule has 0 heterocycles. The van der Waals surface area contributed by atoms with E-state index in [4.69, 9.17) is 14.2 Å². The first-order valence-electron chi connectivity index (χ1n) is 10.5. The molecule has 2 aromatic carbocycles. The Morgan fingerprint density at radius 1 is 1.03 bits per heavy atom. The van der Waals surface area contributed by atoms with Crippen LogP contribution in [0.4, 0.5) is 0 Å². The molecule has 0 radical (unpaired) electrons. The van der Waals surface area contributed by atoms with Crippen molar-refractivity contribution in [3.8, 4) is 11.5 Å². The van der Waals surface area contributed by atoms with Gasteiger partial charge < -0.3 is 14.2 Å². The molecule has 3 rings (SSSR count). The average Bonchev–Trinajstić information content (AvgIpc) is 2.73. The van der Waals surface area contributed by atoms with Gasteiger partial charge >= 0.3 is 5.97 Å². The fourth-order valence-electron chi connectivity index (χ4n) is 3.65. The SMILES string of the molecule is CC.COC(=O)[C@@H](C)Cc1cccc(OCC2CC(c3cccc(OC)c3)C2)c1. The molecular weight excluding hydrogens is 364 g/mol. The number of rotatable bonds is 8. The highest BCUT2D eigenvalue weighted by molar-refractivity contribution is 5.72. The lowest BCUT2D eigenvalue weighted by Crippen LogP contribution is -2.27. The van der Waals surface area contributed by atoms with E-state index in [9.17, 15) is 4.79 Å². The van der Waals surface area contributed by atoms with Gasteiger partial charge in [0.15, 0.2) is 0 Å². The zero-order valence-corrected chi connectivity index (χ0v) is 18.3. The molecule has 1 aliphatic carbocycles. The highest BCUT2D eigenvalue weighted by atomic mass is 16.5. The van der Waals surface area contributed by atoms with Crippen molar-refractivity contribution < 1.29 is 19.0 Å². The molecule has 0 saturated heterocycles. The number of esters is 1. The monoisotopic (exact) mass is 398 g/mol. The molecular formula is C25H34O4. The number of carbonyl (C=O) groups excluding carboxylic acids is 1. The molecule has 1 atom stereocenters. The van der Waals surface area contributed by atoms with E-state index in [1.807, 2.05) is 51.1 Å². The fraction of sp³-hybridized carbons (Fsp3) is 0.480. The van der Waals surface area contributed by atoms with Gasteiger partial charge in [0.25, 0.3) is 0 Å². The lowest BCUT2D eigenvalue weighted by molar-refractivity contribution is -0.144. The molecule has 4 heteroatoms. The summed E-state index contributed by atoms with van der Waals surface area (Å²) < 4.78 is 16.1. The van der Waals surface area contributed by atoms with Crippen LogP contribution in [0.2, 0.25) is 0 Å². The molecule has 158 valence electrons. The number of hydrogen-bond acceptors (Lipinski definition) is 4. The molecule has 1 aliphatic rings. The van der Waals surface area contributed by atoms with Crippen molar-refractivity contribution in [3.05, 3.63) is 59.7 Å². The first kappa shape index (κ1) is 22.8. The van der Waals surface area contributed by atoms with Gasteiger partial charge in [-0.3, -0.25) is 4.79 Å². The van der Waals surface area contributed by atoms with Crippen LogP contribution in [0.3, 0.4) is 0 Å². The van der Waals surface area contributed by atoms with Crippen LogP contribution in [-0.2, 0) is 16.0 Å². The van der Waals surface area contributed by atoms with Crippen molar-refractivity contribution in [2.24, 2.45) is 11.8 Å². The molecule has 0 aliphatic heterocycles. The Morgan fingerprint density at radius 3 is 2.41 bits per heavy atom. The van der Waals surface area contributed by atoms with Gasteiger partial charge in [-0.2, -0.15) is 0 Å². The minimum absolute atomic E-state index is 0.152. The summed E-state index contributed by atoms with van der Waals surface area (Å²) in [5, 5.41) is 0. The van der Waals surface area contributed by atoms with Gasteiger partial charge in [0.2, 0.25) is 0 Å². The number of benzene rings is 2. The minimum Gasteiger partial charge on any atom is -0.497 e. The summed E-state index contributed by atoms with van der Waals surface area (Å²) >= 11 is 0. The Bertz CT molecular complexity index is 765. The Kier molecular flexibility index (Phi) is 9.04. The molecule has 2 aromatic rings. The van der Waals surface area contributed by atoms with Gasteiger partial charge in [-0.1, -0.05) is 45.0 Å². The quantitative estimate of drug-likeness (QED) is 0.539. The van der Waals surface area contributed by atoms with E-state index in [-0.39, 0.29) is 11.9 Å². The van der Waals surface area contributed by atoms with E-state index in [0.717, 1.165) is 36.5 Å². The maximum atomic E-state index is 11.6. The van der Waals surface area contributed by atoms with Gasteiger partial charge in [-0.25, -0.2) is 0 Å². The lowest BCUT2D eigenvalue weighted by atomic mass is 9.72. The maximum Gasteiger partial charge on any atom is 0.308 e. The third-order valence-electron chi connectivity index (χ3n) is 5.33. The summed E-state index contributed by atoms with van der Waals surface area (Å²) in [6.45, 7) is 6.61. The summed E-state index contributed by atoms with van der Waals surface area (Å²) in [4.78, 5) is 11.6. The smallest absolute Gasteiger partial charge is 0.308 e. The highest BCUT2D eigenvalue weighted by Gasteiger charge is 2.31. The number of methoxy groups -OCH3 is 2. The second kappa shape index (κ2) is 11.5. The maximum absolute atomic E-state index is 11.6. The minimum atomic E-state index is -0.181. The van der Waals surface area contributed by atoms with Gasteiger partial charge in [-0.05, 0) is 66.5 Å². The van der Waals surface area contributed by atoms with Gasteiger partial charge in [0, 0.05) is 0 Å². The Balaban J connectivity index is 0.00000145. The van der Waals surface area contributed by atoms with Crippen LogP contribution < -0.4 is 9.47 Å². The normalized spacial score (nSPS) is 18.5. The highest BCUT2D eigenvalue weighted by Crippen LogP contribution is 2.42. The third kappa shape index (κ3) is 6.52. The molecule has 0 spiro atoms. The second-order valence-electron chi connectivity index (χ2n) is 7.40. The predicted molar refractivity (Wildman–Crippen MR) is 117 cm³/mol. The first-order valence-corrected chi connectivity index (χ1v) is 10.5. The van der Waals surface area contributed by atoms with Crippen molar-refractivity contribution in [3.63, 3.8) is 0 Å². The molecule has 29 heavy (non-hydrogen) atoms. The molecule has 0 unspecified atom stereocenters. The van der Waals surface area contributed by atoms with E-state index < -0.39 is 0 Å². The zero-order chi connectivity index (χ0) is 21.2. The van der Waals surface area contributed by atoms with Crippen LogP contribution >= 0.6 is 0 Å². The van der Waals surface area contributed by atoms with Gasteiger partial charge in [-0.15, -0.1) is 0 Å². The molecule has 1 saturated carbocycles. The van der Waals surface area contributed by atoms with Crippen molar-refractivity contribution in [2.75, 3.05) is 20.8 Å². The van der Waals surface area contributed by atoms with Crippen LogP contribution in [0.15, 0.2) is 48.5 Å². The van der Waals surface area contributed by atoms with Crippen LogP contribution in [0.5, 0.6) is 11.5 Å². The van der Waals surface area contributed by atoms with Gasteiger partial charge in [0.05, 0.1) is 26.7 Å². The van der Waals surface area contributed by atoms with Crippen LogP contribution in [0, 0.1) is 11.8 Å². The van der Waals surface area contributed by atoms with E-state index in [1.165, 1.54) is 12.7 Å². The largest absolute Gasteiger partial charge is 0.497 e. The van der Waals surface area contributed by atoms with Crippen LogP contribution in [0.1, 0.15) is 50.7 Å². The predicted octanol–water partition coefficient (Wildman–Crippen LogP) is 5.65. The second-order valence-corrected chi connectivity index (χ2v) is 7.40. The van der Waals surface area contributed by atoms with Crippen molar-refractivity contribution in [2.45, 2.75) is 46.0 Å². The van der Waals surface area contributed by atoms with Crippen molar-refractivity contribution >= 4 is 5.97 Å². The molecule has 0 N–H and O–H groups in total. The van der Waals surface area contributed by atoms with E-state index in [2.05, 4.69) is 18.2 Å². The number of ether oxygens (including phenoxy) is 3. The Morgan fingerprint density at radius 2 is 1.72 bits per heavy atom. The average molecular weight is 399 g/mol. The molecule has 0 aromatic heterocycles. The standard InChI is InChI=1S/C23H28O4.C2H6/c1-16(23(24)26-3)10-17-6-4-9-22(13-17)27-15-18-11-20(12-18)19-7-5-8-21(14-19)25-2;1-2/h4-9,13-14,16,18,20H,10-12,15H2,1-3H3;1-2H3/t16-,18?,20?;/m0./s1. The Hall–Kier alpha value is -2.49. The molecule has 4 nitrogen and oxygen atoms in total. The lowest BCUT2D eigenvalue weighted by Gasteiger charge is -2.35. The van der Waals surface area contributed by atoms with E-state index in [1.54, 1.807) is 7.11 Å². The third-order valence-corrected chi connectivity index (χ3v) is 5.33. The molecule has 0 amide bonds. The Labute approximate surface area is 175 Å². The number of hydrogen-bond donors (Lipinski definition) is 0. The molecule has 0 bridgehead atoms.